The first-order valence-corrected chi connectivity index (χ1v) is 7.06. The highest BCUT2D eigenvalue weighted by Crippen LogP contribution is 2.32. The molecule has 0 saturated carbocycles. The Morgan fingerprint density at radius 1 is 1.14 bits per heavy atom. The topological polar surface area (TPSA) is 103 Å². The zero-order valence-electron chi connectivity index (χ0n) is 13.4. The number of ether oxygens (including phenoxy) is 1. The van der Waals surface area contributed by atoms with E-state index in [0.717, 1.165) is 17.8 Å². The van der Waals surface area contributed by atoms with Crippen molar-refractivity contribution in [2.24, 2.45) is 0 Å². The Morgan fingerprint density at radius 3 is 2.45 bits per heavy atom. The summed E-state index contributed by atoms with van der Waals surface area (Å²) in [5.74, 6) is 1.71. The molecule has 0 aromatic carbocycles. The van der Waals surface area contributed by atoms with E-state index in [1.165, 1.54) is 6.20 Å². The number of pyridine rings is 1. The van der Waals surface area contributed by atoms with Crippen molar-refractivity contribution in [3.63, 3.8) is 0 Å². The fraction of sp³-hybridized carbons (Fsp3) is 0.400. The summed E-state index contributed by atoms with van der Waals surface area (Å²) in [4.78, 5) is 14.3. The van der Waals surface area contributed by atoms with Gasteiger partial charge >= 0.3 is 0 Å². The lowest BCUT2D eigenvalue weighted by atomic mass is 10.0. The number of anilines is 2. The van der Waals surface area contributed by atoms with Crippen molar-refractivity contribution in [2.45, 2.75) is 26.3 Å². The van der Waals surface area contributed by atoms with Gasteiger partial charge in [0.25, 0.3) is 0 Å². The van der Waals surface area contributed by atoms with Gasteiger partial charge in [-0.1, -0.05) is 13.8 Å². The molecule has 2 aromatic heterocycles. The second kappa shape index (κ2) is 6.57. The zero-order valence-corrected chi connectivity index (χ0v) is 13.4. The van der Waals surface area contributed by atoms with Gasteiger partial charge in [-0.2, -0.15) is 4.98 Å². The highest BCUT2D eigenvalue weighted by molar-refractivity contribution is 5.50. The quantitative estimate of drug-likeness (QED) is 0.870. The van der Waals surface area contributed by atoms with E-state index < -0.39 is 0 Å². The fourth-order valence-electron chi connectivity index (χ4n) is 2.02. The van der Waals surface area contributed by atoms with Crippen molar-refractivity contribution in [3.05, 3.63) is 29.7 Å². The van der Waals surface area contributed by atoms with Crippen LogP contribution in [0.15, 0.2) is 18.5 Å². The molecule has 0 atom stereocenters. The van der Waals surface area contributed by atoms with Crippen LogP contribution in [0.1, 0.15) is 31.0 Å². The first kappa shape index (κ1) is 16.0. The van der Waals surface area contributed by atoms with Gasteiger partial charge in [0.1, 0.15) is 5.75 Å². The van der Waals surface area contributed by atoms with Gasteiger partial charge in [0.15, 0.2) is 11.6 Å². The van der Waals surface area contributed by atoms with E-state index in [1.807, 2.05) is 31.3 Å². The Labute approximate surface area is 130 Å². The average molecular weight is 302 g/mol. The molecular weight excluding hydrogens is 280 g/mol. The maximum absolute atomic E-state index is 5.91. The van der Waals surface area contributed by atoms with Gasteiger partial charge in [0, 0.05) is 24.4 Å². The van der Waals surface area contributed by atoms with E-state index in [-0.39, 0.29) is 17.7 Å². The molecule has 0 unspecified atom stereocenters. The molecule has 0 aliphatic heterocycles. The van der Waals surface area contributed by atoms with Gasteiger partial charge in [0.2, 0.25) is 5.95 Å². The minimum Gasteiger partial charge on any atom is -0.451 e. The number of aromatic nitrogens is 3. The minimum absolute atomic E-state index is 0.122. The van der Waals surface area contributed by atoms with Crippen LogP contribution >= 0.6 is 0 Å². The van der Waals surface area contributed by atoms with Gasteiger partial charge < -0.3 is 21.1 Å². The lowest BCUT2D eigenvalue weighted by Crippen LogP contribution is -2.12. The zero-order chi connectivity index (χ0) is 16.3. The van der Waals surface area contributed by atoms with E-state index in [9.17, 15) is 0 Å². The largest absolute Gasteiger partial charge is 0.451 e. The average Bonchev–Trinajstić information content (AvgIpc) is 2.41. The molecule has 0 aliphatic rings. The highest BCUT2D eigenvalue weighted by atomic mass is 16.5. The molecule has 2 rings (SSSR count). The molecule has 4 N–H and O–H groups in total. The normalized spacial score (nSPS) is 11.2. The first-order chi connectivity index (χ1) is 10.4. The summed E-state index contributed by atoms with van der Waals surface area (Å²) in [6, 6.07) is 1.92. The molecule has 0 bridgehead atoms. The summed E-state index contributed by atoms with van der Waals surface area (Å²) in [6.07, 6.45) is 3.32. The van der Waals surface area contributed by atoms with E-state index >= 15 is 0 Å². The van der Waals surface area contributed by atoms with Gasteiger partial charge in [-0.3, -0.25) is 4.98 Å². The first-order valence-electron chi connectivity index (χ1n) is 7.06. The molecule has 118 valence electrons. The Bertz CT molecular complexity index is 656. The van der Waals surface area contributed by atoms with Crippen LogP contribution in [0.4, 0.5) is 11.8 Å². The van der Waals surface area contributed by atoms with Crippen LogP contribution in [0.2, 0.25) is 0 Å². The van der Waals surface area contributed by atoms with Crippen LogP contribution in [0.5, 0.6) is 11.5 Å². The Morgan fingerprint density at radius 2 is 1.86 bits per heavy atom. The second-order valence-corrected chi connectivity index (χ2v) is 5.69. The fourth-order valence-corrected chi connectivity index (χ4v) is 2.02. The third-order valence-corrected chi connectivity index (χ3v) is 3.07. The second-order valence-electron chi connectivity index (χ2n) is 5.69. The van der Waals surface area contributed by atoms with Crippen LogP contribution in [0.3, 0.4) is 0 Å². The summed E-state index contributed by atoms with van der Waals surface area (Å²) >= 11 is 0. The number of hydrogen-bond donors (Lipinski definition) is 2. The van der Waals surface area contributed by atoms with E-state index in [4.69, 9.17) is 16.2 Å². The van der Waals surface area contributed by atoms with Crippen LogP contribution < -0.4 is 16.2 Å². The summed E-state index contributed by atoms with van der Waals surface area (Å²) in [6.45, 7) is 4.89. The number of nitrogens with two attached hydrogens (primary N) is 2. The van der Waals surface area contributed by atoms with E-state index in [0.29, 0.717) is 11.5 Å². The highest BCUT2D eigenvalue weighted by Gasteiger charge is 2.14. The summed E-state index contributed by atoms with van der Waals surface area (Å²) in [7, 11) is 3.98. The molecule has 0 aliphatic carbocycles. The predicted molar refractivity (Wildman–Crippen MR) is 86.6 cm³/mol. The maximum Gasteiger partial charge on any atom is 0.222 e. The van der Waals surface area contributed by atoms with Crippen molar-refractivity contribution >= 4 is 11.8 Å². The van der Waals surface area contributed by atoms with Gasteiger partial charge in [-0.25, -0.2) is 4.98 Å². The molecule has 0 amide bonds. The molecule has 0 spiro atoms. The molecule has 2 heterocycles. The number of nitrogen functional groups attached to an aromatic ring is 2. The summed E-state index contributed by atoms with van der Waals surface area (Å²) < 4.78 is 5.91. The molecule has 7 nitrogen and oxygen atoms in total. The Balaban J connectivity index is 2.37. The summed E-state index contributed by atoms with van der Waals surface area (Å²) in [5.41, 5.74) is 13.3. The molecule has 7 heteroatoms. The van der Waals surface area contributed by atoms with Crippen molar-refractivity contribution < 1.29 is 4.74 Å². The van der Waals surface area contributed by atoms with Crippen LogP contribution in [0, 0.1) is 0 Å². The van der Waals surface area contributed by atoms with Gasteiger partial charge in [-0.15, -0.1) is 0 Å². The van der Waals surface area contributed by atoms with E-state index in [1.54, 1.807) is 0 Å². The lowest BCUT2D eigenvalue weighted by Gasteiger charge is -2.16. The van der Waals surface area contributed by atoms with Crippen molar-refractivity contribution in [3.8, 4) is 11.5 Å². The SMILES string of the molecule is CC(C)c1cnc(CN(C)C)cc1Oc1cnc(N)nc1N. The smallest absolute Gasteiger partial charge is 0.222 e. The summed E-state index contributed by atoms with van der Waals surface area (Å²) in [5, 5.41) is 0. The molecular formula is C15H22N6O. The van der Waals surface area contributed by atoms with Crippen LogP contribution in [0.25, 0.3) is 0 Å². The van der Waals surface area contributed by atoms with Gasteiger partial charge in [0.05, 0.1) is 11.9 Å². The third kappa shape index (κ3) is 3.82. The molecule has 0 saturated heterocycles. The number of hydrogen-bond acceptors (Lipinski definition) is 7. The molecule has 22 heavy (non-hydrogen) atoms. The van der Waals surface area contributed by atoms with E-state index in [2.05, 4.69) is 28.8 Å². The third-order valence-electron chi connectivity index (χ3n) is 3.07. The molecule has 0 fully saturated rings. The Kier molecular flexibility index (Phi) is 4.77. The predicted octanol–water partition coefficient (Wildman–Crippen LogP) is 2.01. The van der Waals surface area contributed by atoms with Crippen molar-refractivity contribution in [1.82, 2.24) is 19.9 Å². The molecule has 0 radical (unpaired) electrons. The number of rotatable bonds is 5. The van der Waals surface area contributed by atoms with Crippen molar-refractivity contribution in [1.29, 1.82) is 0 Å². The standard InChI is InChI=1S/C15H22N6O/c1-9(2)11-6-18-10(8-21(3)4)5-12(11)22-13-7-19-15(17)20-14(13)16/h5-7,9H,8H2,1-4H3,(H4,16,17,19,20). The van der Waals surface area contributed by atoms with Crippen molar-refractivity contribution in [2.75, 3.05) is 25.6 Å². The minimum atomic E-state index is 0.122. The monoisotopic (exact) mass is 302 g/mol. The van der Waals surface area contributed by atoms with Gasteiger partial charge in [-0.05, 0) is 20.0 Å². The number of nitrogens with zero attached hydrogens (tertiary/aromatic N) is 4. The maximum atomic E-state index is 5.91. The Hall–Kier alpha value is -2.41. The van der Waals surface area contributed by atoms with Crippen LogP contribution in [-0.2, 0) is 6.54 Å². The van der Waals surface area contributed by atoms with Crippen LogP contribution in [-0.4, -0.2) is 33.9 Å². The lowest BCUT2D eigenvalue weighted by molar-refractivity contribution is 0.394. The molecule has 2 aromatic rings.